The highest BCUT2D eigenvalue weighted by atomic mass is 16.6. The third-order valence-electron chi connectivity index (χ3n) is 3.64. The van der Waals surface area contributed by atoms with Gasteiger partial charge in [0.05, 0.1) is 10.6 Å². The molecule has 2 N–H and O–H groups in total. The monoisotopic (exact) mass is 367 g/mol. The lowest BCUT2D eigenvalue weighted by Crippen LogP contribution is -2.29. The highest BCUT2D eigenvalue weighted by molar-refractivity contribution is 5.94. The van der Waals surface area contributed by atoms with Crippen LogP contribution >= 0.6 is 0 Å². The number of anilines is 1. The zero-order valence-electron chi connectivity index (χ0n) is 14.5. The van der Waals surface area contributed by atoms with Crippen molar-refractivity contribution in [1.82, 2.24) is 25.3 Å². The number of nitrogens with one attached hydrogen (secondary N) is 2. The van der Waals surface area contributed by atoms with Crippen LogP contribution in [0, 0.1) is 17.0 Å². The number of nitro groups is 1. The van der Waals surface area contributed by atoms with E-state index in [0.717, 1.165) is 5.69 Å². The molecule has 2 aromatic heterocycles. The molecular formula is C17H17N7O3. The van der Waals surface area contributed by atoms with Crippen molar-refractivity contribution in [2.75, 3.05) is 18.4 Å². The predicted octanol–water partition coefficient (Wildman–Crippen LogP) is 1.72. The normalized spacial score (nSPS) is 10.4. The van der Waals surface area contributed by atoms with Gasteiger partial charge in [-0.1, -0.05) is 6.07 Å². The fourth-order valence-electron chi connectivity index (χ4n) is 2.31. The molecule has 1 aromatic carbocycles. The third-order valence-corrected chi connectivity index (χ3v) is 3.64. The van der Waals surface area contributed by atoms with E-state index in [-0.39, 0.29) is 17.2 Å². The number of carbonyl (C=O) groups is 1. The molecule has 3 aromatic rings. The van der Waals surface area contributed by atoms with Crippen LogP contribution in [-0.2, 0) is 0 Å². The predicted molar refractivity (Wildman–Crippen MR) is 97.8 cm³/mol. The molecule has 0 fully saturated rings. The SMILES string of the molecule is Cc1ccn(-c2ccc(NCCNC(=O)c3cccc([N+](=O)[O-])c3)nn2)n1. The highest BCUT2D eigenvalue weighted by Crippen LogP contribution is 2.12. The van der Waals surface area contributed by atoms with Gasteiger partial charge in [0.1, 0.15) is 5.82 Å². The van der Waals surface area contributed by atoms with E-state index in [9.17, 15) is 14.9 Å². The van der Waals surface area contributed by atoms with Crippen LogP contribution in [0.15, 0.2) is 48.7 Å². The topological polar surface area (TPSA) is 128 Å². The minimum absolute atomic E-state index is 0.122. The Balaban J connectivity index is 1.48. The molecule has 0 radical (unpaired) electrons. The standard InChI is InChI=1S/C17H17N7O3/c1-12-7-10-23(22-12)16-6-5-15(20-21-16)18-8-9-19-17(25)13-3-2-4-14(11-13)24(26)27/h2-7,10-11H,8-9H2,1H3,(H,18,20)(H,19,25). The molecule has 10 nitrogen and oxygen atoms in total. The van der Waals surface area contributed by atoms with Crippen LogP contribution in [0.25, 0.3) is 5.82 Å². The van der Waals surface area contributed by atoms with E-state index in [4.69, 9.17) is 0 Å². The zero-order chi connectivity index (χ0) is 19.2. The van der Waals surface area contributed by atoms with Crippen LogP contribution in [-0.4, -0.2) is 43.9 Å². The Kier molecular flexibility index (Phi) is 5.36. The molecule has 27 heavy (non-hydrogen) atoms. The van der Waals surface area contributed by atoms with Gasteiger partial charge in [-0.05, 0) is 31.2 Å². The number of hydrogen-bond donors (Lipinski definition) is 2. The second-order valence-corrected chi connectivity index (χ2v) is 5.67. The zero-order valence-corrected chi connectivity index (χ0v) is 14.5. The van der Waals surface area contributed by atoms with Gasteiger partial charge < -0.3 is 10.6 Å². The van der Waals surface area contributed by atoms with Gasteiger partial charge in [0.2, 0.25) is 0 Å². The van der Waals surface area contributed by atoms with Crippen molar-refractivity contribution < 1.29 is 9.72 Å². The second kappa shape index (κ2) is 8.04. The van der Waals surface area contributed by atoms with Gasteiger partial charge in [-0.3, -0.25) is 14.9 Å². The van der Waals surface area contributed by atoms with Crippen molar-refractivity contribution in [2.24, 2.45) is 0 Å². The average Bonchev–Trinajstić information content (AvgIpc) is 3.12. The number of nitro benzene ring substituents is 1. The van der Waals surface area contributed by atoms with Crippen LogP contribution in [0.5, 0.6) is 0 Å². The van der Waals surface area contributed by atoms with Gasteiger partial charge in [0.25, 0.3) is 11.6 Å². The Morgan fingerprint density at radius 3 is 2.70 bits per heavy atom. The maximum Gasteiger partial charge on any atom is 0.270 e. The number of hydrogen-bond acceptors (Lipinski definition) is 7. The van der Waals surface area contributed by atoms with E-state index in [2.05, 4.69) is 25.9 Å². The summed E-state index contributed by atoms with van der Waals surface area (Å²) >= 11 is 0. The number of benzene rings is 1. The van der Waals surface area contributed by atoms with Crippen LogP contribution in [0.4, 0.5) is 11.5 Å². The summed E-state index contributed by atoms with van der Waals surface area (Å²) in [6.45, 7) is 2.64. The number of aryl methyl sites for hydroxylation is 1. The quantitative estimate of drug-likeness (QED) is 0.370. The Morgan fingerprint density at radius 1 is 1.19 bits per heavy atom. The summed E-state index contributed by atoms with van der Waals surface area (Å²) < 4.78 is 1.63. The first-order valence-electron chi connectivity index (χ1n) is 8.16. The van der Waals surface area contributed by atoms with E-state index in [0.29, 0.717) is 24.7 Å². The fourth-order valence-corrected chi connectivity index (χ4v) is 2.31. The lowest BCUT2D eigenvalue weighted by Gasteiger charge is -2.07. The van der Waals surface area contributed by atoms with Gasteiger partial charge in [-0.25, -0.2) is 4.68 Å². The molecule has 138 valence electrons. The number of aromatic nitrogens is 4. The molecule has 0 aliphatic carbocycles. The molecule has 0 atom stereocenters. The molecular weight excluding hydrogens is 350 g/mol. The first kappa shape index (κ1) is 18.0. The number of non-ortho nitro benzene ring substituents is 1. The van der Waals surface area contributed by atoms with E-state index < -0.39 is 4.92 Å². The number of nitrogens with zero attached hydrogens (tertiary/aromatic N) is 5. The Hall–Kier alpha value is -3.82. The van der Waals surface area contributed by atoms with Crippen LogP contribution in [0.3, 0.4) is 0 Å². The fraction of sp³-hybridized carbons (Fsp3) is 0.176. The van der Waals surface area contributed by atoms with Crippen molar-refractivity contribution in [3.63, 3.8) is 0 Å². The molecule has 0 unspecified atom stereocenters. The smallest absolute Gasteiger partial charge is 0.270 e. The van der Waals surface area contributed by atoms with Gasteiger partial charge in [-0.2, -0.15) is 5.10 Å². The third kappa shape index (κ3) is 4.63. The van der Waals surface area contributed by atoms with E-state index in [1.807, 2.05) is 13.0 Å². The van der Waals surface area contributed by atoms with Crippen molar-refractivity contribution in [1.29, 1.82) is 0 Å². The highest BCUT2D eigenvalue weighted by Gasteiger charge is 2.10. The molecule has 2 heterocycles. The summed E-state index contributed by atoms with van der Waals surface area (Å²) in [5, 5.41) is 28.9. The Labute approximate surface area is 154 Å². The molecule has 0 saturated carbocycles. The van der Waals surface area contributed by atoms with Crippen molar-refractivity contribution in [2.45, 2.75) is 6.92 Å². The van der Waals surface area contributed by atoms with Gasteiger partial charge in [-0.15, -0.1) is 10.2 Å². The number of carbonyl (C=O) groups excluding carboxylic acids is 1. The maximum atomic E-state index is 12.0. The summed E-state index contributed by atoms with van der Waals surface area (Å²) in [4.78, 5) is 22.3. The lowest BCUT2D eigenvalue weighted by molar-refractivity contribution is -0.384. The minimum Gasteiger partial charge on any atom is -0.367 e. The Bertz CT molecular complexity index is 953. The van der Waals surface area contributed by atoms with E-state index in [1.165, 1.54) is 24.3 Å². The molecule has 0 aliphatic heterocycles. The van der Waals surface area contributed by atoms with Crippen molar-refractivity contribution in [3.05, 3.63) is 70.0 Å². The lowest BCUT2D eigenvalue weighted by atomic mass is 10.2. The largest absolute Gasteiger partial charge is 0.367 e. The van der Waals surface area contributed by atoms with E-state index >= 15 is 0 Å². The van der Waals surface area contributed by atoms with Gasteiger partial charge >= 0.3 is 0 Å². The molecule has 10 heteroatoms. The molecule has 0 saturated heterocycles. The van der Waals surface area contributed by atoms with Crippen LogP contribution in [0.2, 0.25) is 0 Å². The summed E-state index contributed by atoms with van der Waals surface area (Å²) in [5.74, 6) is 0.788. The summed E-state index contributed by atoms with van der Waals surface area (Å²) in [7, 11) is 0. The van der Waals surface area contributed by atoms with Crippen LogP contribution < -0.4 is 10.6 Å². The van der Waals surface area contributed by atoms with Crippen molar-refractivity contribution in [3.8, 4) is 5.82 Å². The summed E-state index contributed by atoms with van der Waals surface area (Å²) in [6, 6.07) is 11.0. The molecule has 1 amide bonds. The van der Waals surface area contributed by atoms with Gasteiger partial charge in [0.15, 0.2) is 5.82 Å². The summed E-state index contributed by atoms with van der Waals surface area (Å²) in [6.07, 6.45) is 1.80. The maximum absolute atomic E-state index is 12.0. The molecule has 0 spiro atoms. The van der Waals surface area contributed by atoms with Crippen LogP contribution in [0.1, 0.15) is 16.1 Å². The molecule has 0 bridgehead atoms. The Morgan fingerprint density at radius 2 is 2.04 bits per heavy atom. The summed E-state index contributed by atoms with van der Waals surface area (Å²) in [5.41, 5.74) is 1.00. The average molecular weight is 367 g/mol. The second-order valence-electron chi connectivity index (χ2n) is 5.67. The number of amides is 1. The number of rotatable bonds is 7. The molecule has 0 aliphatic rings. The van der Waals surface area contributed by atoms with Crippen molar-refractivity contribution >= 4 is 17.4 Å². The van der Waals surface area contributed by atoms with E-state index in [1.54, 1.807) is 23.0 Å². The molecule has 3 rings (SSSR count). The van der Waals surface area contributed by atoms with Gasteiger partial charge in [0, 0.05) is 37.0 Å². The first-order valence-corrected chi connectivity index (χ1v) is 8.16. The first-order chi connectivity index (χ1) is 13.0. The minimum atomic E-state index is -0.536.